The molecule has 1 saturated heterocycles. The summed E-state index contributed by atoms with van der Waals surface area (Å²) in [5.74, 6) is -0.395. The molecule has 1 aromatic carbocycles. The number of hydrogen-bond acceptors (Lipinski definition) is 6. The monoisotopic (exact) mass is 498 g/mol. The Labute approximate surface area is 205 Å². The van der Waals surface area contributed by atoms with Crippen LogP contribution in [0.2, 0.25) is 5.02 Å². The van der Waals surface area contributed by atoms with Gasteiger partial charge in [-0.15, -0.1) is 11.3 Å². The fourth-order valence-electron chi connectivity index (χ4n) is 4.39. The van der Waals surface area contributed by atoms with Crippen LogP contribution in [0.15, 0.2) is 47.1 Å². The molecule has 0 bridgehead atoms. The Morgan fingerprint density at radius 3 is 2.50 bits per heavy atom. The number of carbonyl (C=O) groups is 3. The molecule has 8 nitrogen and oxygen atoms in total. The van der Waals surface area contributed by atoms with Crippen LogP contribution in [0.4, 0.5) is 5.13 Å². The number of furan rings is 1. The van der Waals surface area contributed by atoms with Crippen molar-refractivity contribution >= 4 is 45.8 Å². The third-order valence-electron chi connectivity index (χ3n) is 6.19. The average molecular weight is 499 g/mol. The van der Waals surface area contributed by atoms with Gasteiger partial charge in [0, 0.05) is 41.6 Å². The maximum absolute atomic E-state index is 13.4. The van der Waals surface area contributed by atoms with Gasteiger partial charge in [0.25, 0.3) is 11.8 Å². The molecule has 0 saturated carbocycles. The molecule has 1 N–H and O–H groups in total. The summed E-state index contributed by atoms with van der Waals surface area (Å²) >= 11 is 7.33. The number of anilines is 1. The number of aryl methyl sites for hydroxylation is 1. The van der Waals surface area contributed by atoms with Gasteiger partial charge in [0.1, 0.15) is 0 Å². The molecule has 176 valence electrons. The highest BCUT2D eigenvalue weighted by Gasteiger charge is 2.35. The number of thiazole rings is 1. The first-order valence-corrected chi connectivity index (χ1v) is 12.4. The molecule has 0 spiro atoms. The highest BCUT2D eigenvalue weighted by molar-refractivity contribution is 7.16. The number of fused-ring (bicyclic) bond motifs is 1. The molecule has 0 radical (unpaired) electrons. The lowest BCUT2D eigenvalue weighted by Gasteiger charge is -2.36. The summed E-state index contributed by atoms with van der Waals surface area (Å²) in [4.78, 5) is 47.7. The smallest absolute Gasteiger partial charge is 0.289 e. The molecular formula is C24H23ClN4O4S. The fraction of sp³-hybridized carbons (Fsp3) is 0.333. The first kappa shape index (κ1) is 22.6. The Kier molecular flexibility index (Phi) is 6.38. The number of benzene rings is 1. The van der Waals surface area contributed by atoms with Crippen molar-refractivity contribution in [2.24, 2.45) is 0 Å². The second kappa shape index (κ2) is 9.60. The predicted molar refractivity (Wildman–Crippen MR) is 128 cm³/mol. The van der Waals surface area contributed by atoms with Gasteiger partial charge in [0.2, 0.25) is 5.91 Å². The molecule has 3 heterocycles. The molecule has 1 fully saturated rings. The van der Waals surface area contributed by atoms with Crippen LogP contribution >= 0.6 is 22.9 Å². The molecule has 3 amide bonds. The zero-order valence-electron chi connectivity index (χ0n) is 18.3. The maximum atomic E-state index is 13.4. The van der Waals surface area contributed by atoms with Gasteiger partial charge in [0.05, 0.1) is 17.9 Å². The van der Waals surface area contributed by atoms with E-state index in [1.165, 1.54) is 17.6 Å². The van der Waals surface area contributed by atoms with Gasteiger partial charge in [0.15, 0.2) is 10.9 Å². The normalized spacial score (nSPS) is 17.9. The van der Waals surface area contributed by atoms with Crippen LogP contribution in [0.3, 0.4) is 0 Å². The van der Waals surface area contributed by atoms with Crippen LogP contribution in [0.5, 0.6) is 0 Å². The lowest BCUT2D eigenvalue weighted by atomic mass is 9.89. The van der Waals surface area contributed by atoms with E-state index in [4.69, 9.17) is 16.0 Å². The van der Waals surface area contributed by atoms with Crippen LogP contribution in [-0.2, 0) is 11.2 Å². The van der Waals surface area contributed by atoms with Crippen molar-refractivity contribution in [1.29, 1.82) is 0 Å². The van der Waals surface area contributed by atoms with Crippen molar-refractivity contribution in [3.63, 3.8) is 0 Å². The Morgan fingerprint density at radius 2 is 1.79 bits per heavy atom. The van der Waals surface area contributed by atoms with Gasteiger partial charge in [-0.25, -0.2) is 4.98 Å². The van der Waals surface area contributed by atoms with E-state index in [9.17, 15) is 14.4 Å². The summed E-state index contributed by atoms with van der Waals surface area (Å²) in [6.07, 6.45) is 3.95. The number of halogens is 1. The quantitative estimate of drug-likeness (QED) is 0.585. The van der Waals surface area contributed by atoms with E-state index in [1.807, 2.05) is 4.90 Å². The van der Waals surface area contributed by atoms with Crippen molar-refractivity contribution in [2.75, 3.05) is 31.5 Å². The fourth-order valence-corrected chi connectivity index (χ4v) is 5.58. The number of amides is 3. The molecule has 1 aliphatic heterocycles. The number of nitrogens with zero attached hydrogens (tertiary/aromatic N) is 3. The van der Waals surface area contributed by atoms with E-state index in [0.29, 0.717) is 47.7 Å². The minimum Gasteiger partial charge on any atom is -0.459 e. The minimum absolute atomic E-state index is 0.0342. The second-order valence-electron chi connectivity index (χ2n) is 8.33. The number of aromatic nitrogens is 1. The lowest BCUT2D eigenvalue weighted by Crippen LogP contribution is -2.51. The molecule has 2 aromatic heterocycles. The zero-order chi connectivity index (χ0) is 23.7. The Bertz CT molecular complexity index is 1200. The molecule has 1 unspecified atom stereocenters. The second-order valence-corrected chi connectivity index (χ2v) is 9.85. The van der Waals surface area contributed by atoms with E-state index in [2.05, 4.69) is 10.3 Å². The molecule has 10 heteroatoms. The number of hydrogen-bond donors (Lipinski definition) is 1. The van der Waals surface area contributed by atoms with Crippen molar-refractivity contribution in [1.82, 2.24) is 14.8 Å². The standard InChI is InChI=1S/C24H23ClN4O4S/c25-16-8-6-15(7-9-16)21(30)27-24-26-20-17(3-1-5-19(20)34-24)22(31)28-10-12-29(13-11-28)23(32)18-4-2-14-33-18/h2,4,6-9,14,17H,1,3,5,10-13H2,(H,26,27,30). The summed E-state index contributed by atoms with van der Waals surface area (Å²) in [6, 6.07) is 9.99. The maximum Gasteiger partial charge on any atom is 0.289 e. The summed E-state index contributed by atoms with van der Waals surface area (Å²) < 4.78 is 5.21. The third kappa shape index (κ3) is 4.58. The van der Waals surface area contributed by atoms with E-state index in [1.54, 1.807) is 41.3 Å². The van der Waals surface area contributed by atoms with E-state index < -0.39 is 0 Å². The number of piperazine rings is 1. The third-order valence-corrected chi connectivity index (χ3v) is 7.49. The molecule has 5 rings (SSSR count). The predicted octanol–water partition coefficient (Wildman–Crippen LogP) is 4.05. The van der Waals surface area contributed by atoms with Gasteiger partial charge >= 0.3 is 0 Å². The summed E-state index contributed by atoms with van der Waals surface area (Å²) in [6.45, 7) is 1.87. The van der Waals surface area contributed by atoms with Crippen LogP contribution in [-0.4, -0.2) is 58.7 Å². The highest BCUT2D eigenvalue weighted by Crippen LogP contribution is 2.38. The first-order chi connectivity index (χ1) is 16.5. The SMILES string of the molecule is O=C(Nc1nc2c(s1)CCCC2C(=O)N1CCN(C(=O)c2ccco2)CC1)c1ccc(Cl)cc1. The van der Waals surface area contributed by atoms with Gasteiger partial charge < -0.3 is 14.2 Å². The first-order valence-electron chi connectivity index (χ1n) is 11.2. The minimum atomic E-state index is -0.325. The van der Waals surface area contributed by atoms with Gasteiger partial charge in [-0.2, -0.15) is 0 Å². The van der Waals surface area contributed by atoms with E-state index in [-0.39, 0.29) is 23.6 Å². The van der Waals surface area contributed by atoms with Crippen LogP contribution in [0, 0.1) is 0 Å². The van der Waals surface area contributed by atoms with Gasteiger partial charge in [-0.1, -0.05) is 11.6 Å². The summed E-state index contributed by atoms with van der Waals surface area (Å²) in [5, 5.41) is 3.92. The number of carbonyl (C=O) groups excluding carboxylic acids is 3. The van der Waals surface area contributed by atoms with Crippen molar-refractivity contribution in [3.8, 4) is 0 Å². The van der Waals surface area contributed by atoms with Gasteiger partial charge in [-0.05, 0) is 55.7 Å². The summed E-state index contributed by atoms with van der Waals surface area (Å²) in [7, 11) is 0. The van der Waals surface area contributed by atoms with Crippen LogP contribution in [0.25, 0.3) is 0 Å². The van der Waals surface area contributed by atoms with Crippen LogP contribution in [0.1, 0.15) is 50.2 Å². The largest absolute Gasteiger partial charge is 0.459 e. The molecule has 34 heavy (non-hydrogen) atoms. The molecule has 1 atom stereocenters. The molecular weight excluding hydrogens is 476 g/mol. The topological polar surface area (TPSA) is 95.8 Å². The number of nitrogens with one attached hydrogen (secondary N) is 1. The van der Waals surface area contributed by atoms with E-state index >= 15 is 0 Å². The van der Waals surface area contributed by atoms with Crippen molar-refractivity contribution in [3.05, 3.63) is 69.6 Å². The average Bonchev–Trinajstić information content (AvgIpc) is 3.53. The van der Waals surface area contributed by atoms with Gasteiger partial charge in [-0.3, -0.25) is 19.7 Å². The zero-order valence-corrected chi connectivity index (χ0v) is 19.9. The number of rotatable bonds is 4. The Morgan fingerprint density at radius 1 is 1.06 bits per heavy atom. The lowest BCUT2D eigenvalue weighted by molar-refractivity contribution is -0.134. The summed E-state index contributed by atoms with van der Waals surface area (Å²) in [5.41, 5.74) is 1.26. The molecule has 3 aromatic rings. The highest BCUT2D eigenvalue weighted by atomic mass is 35.5. The Hall–Kier alpha value is -3.17. The van der Waals surface area contributed by atoms with Crippen LogP contribution < -0.4 is 5.32 Å². The van der Waals surface area contributed by atoms with Crippen molar-refractivity contribution in [2.45, 2.75) is 25.2 Å². The molecule has 1 aliphatic carbocycles. The Balaban J connectivity index is 1.24. The van der Waals surface area contributed by atoms with E-state index in [0.717, 1.165) is 29.8 Å². The molecule has 2 aliphatic rings. The van der Waals surface area contributed by atoms with Crippen molar-refractivity contribution < 1.29 is 18.8 Å².